The van der Waals surface area contributed by atoms with Crippen molar-refractivity contribution in [2.45, 2.75) is 38.0 Å². The number of nitrogens with zero attached hydrogens (tertiary/aromatic N) is 1. The highest BCUT2D eigenvalue weighted by Crippen LogP contribution is 2.25. The number of nitrogens with one attached hydrogen (secondary N) is 1. The number of carbonyl (C=O) groups excluding carboxylic acids is 1. The van der Waals surface area contributed by atoms with Gasteiger partial charge in [-0.1, -0.05) is 31.9 Å². The maximum atomic E-state index is 12.7. The minimum absolute atomic E-state index is 0.124. The Morgan fingerprint density at radius 2 is 1.91 bits per heavy atom. The predicted molar refractivity (Wildman–Crippen MR) is 91.2 cm³/mol. The molecule has 1 aliphatic heterocycles. The molecule has 7 heteroatoms. The van der Waals surface area contributed by atoms with Gasteiger partial charge in [-0.25, -0.2) is 8.42 Å². The first-order valence-electron chi connectivity index (χ1n) is 7.90. The highest BCUT2D eigenvalue weighted by Gasteiger charge is 2.27. The Bertz CT molecular complexity index is 668. The Morgan fingerprint density at radius 3 is 2.52 bits per heavy atom. The lowest BCUT2D eigenvalue weighted by atomic mass is 10.2. The highest BCUT2D eigenvalue weighted by molar-refractivity contribution is 7.89. The summed E-state index contributed by atoms with van der Waals surface area (Å²) in [4.78, 5) is 12.3. The lowest BCUT2D eigenvalue weighted by Gasteiger charge is -2.26. The maximum Gasteiger partial charge on any atom is 0.252 e. The van der Waals surface area contributed by atoms with Crippen LogP contribution in [-0.4, -0.2) is 38.3 Å². The predicted octanol–water partition coefficient (Wildman–Crippen LogP) is 2.90. The van der Waals surface area contributed by atoms with Crippen molar-refractivity contribution >= 4 is 27.5 Å². The van der Waals surface area contributed by atoms with Gasteiger partial charge in [0.05, 0.1) is 15.5 Å². The van der Waals surface area contributed by atoms with E-state index in [0.29, 0.717) is 25.6 Å². The van der Waals surface area contributed by atoms with Crippen LogP contribution in [0.25, 0.3) is 0 Å². The number of halogens is 1. The average Bonchev–Trinajstić information content (AvgIpc) is 2.53. The lowest BCUT2D eigenvalue weighted by Crippen LogP contribution is -2.35. The van der Waals surface area contributed by atoms with Gasteiger partial charge in [-0.3, -0.25) is 4.79 Å². The largest absolute Gasteiger partial charge is 0.352 e. The van der Waals surface area contributed by atoms with Crippen LogP contribution >= 0.6 is 11.6 Å². The molecular formula is C16H23ClN2O3S. The van der Waals surface area contributed by atoms with Gasteiger partial charge >= 0.3 is 0 Å². The summed E-state index contributed by atoms with van der Waals surface area (Å²) >= 11 is 6.07. The number of piperidine rings is 1. The van der Waals surface area contributed by atoms with Crippen LogP contribution in [0.3, 0.4) is 0 Å². The van der Waals surface area contributed by atoms with Crippen molar-refractivity contribution < 1.29 is 13.2 Å². The van der Waals surface area contributed by atoms with Crippen LogP contribution < -0.4 is 5.32 Å². The molecule has 0 spiro atoms. The smallest absolute Gasteiger partial charge is 0.252 e. The first kappa shape index (κ1) is 18.2. The van der Waals surface area contributed by atoms with Crippen LogP contribution in [0.15, 0.2) is 23.1 Å². The molecule has 0 aliphatic carbocycles. The van der Waals surface area contributed by atoms with Crippen molar-refractivity contribution in [3.05, 3.63) is 28.8 Å². The molecule has 1 saturated heterocycles. The van der Waals surface area contributed by atoms with E-state index < -0.39 is 10.0 Å². The van der Waals surface area contributed by atoms with Crippen molar-refractivity contribution in [2.75, 3.05) is 19.6 Å². The first-order valence-corrected chi connectivity index (χ1v) is 9.72. The summed E-state index contributed by atoms with van der Waals surface area (Å²) < 4.78 is 26.9. The zero-order valence-corrected chi connectivity index (χ0v) is 15.1. The summed E-state index contributed by atoms with van der Waals surface area (Å²) in [5.41, 5.74) is 0.199. The van der Waals surface area contributed by atoms with Gasteiger partial charge in [0.15, 0.2) is 0 Å². The van der Waals surface area contributed by atoms with Gasteiger partial charge < -0.3 is 5.32 Å². The zero-order chi connectivity index (χ0) is 17.0. The van der Waals surface area contributed by atoms with E-state index in [9.17, 15) is 13.2 Å². The lowest BCUT2D eigenvalue weighted by molar-refractivity contribution is 0.0949. The topological polar surface area (TPSA) is 66.5 Å². The van der Waals surface area contributed by atoms with Gasteiger partial charge in [0.25, 0.3) is 5.91 Å². The minimum atomic E-state index is -3.57. The summed E-state index contributed by atoms with van der Waals surface area (Å²) in [6, 6.07) is 4.32. The van der Waals surface area contributed by atoms with Crippen molar-refractivity contribution in [2.24, 2.45) is 5.92 Å². The van der Waals surface area contributed by atoms with Crippen LogP contribution in [0.1, 0.15) is 43.5 Å². The Hall–Kier alpha value is -1.11. The Labute approximate surface area is 143 Å². The van der Waals surface area contributed by atoms with Crippen LogP contribution in [0.2, 0.25) is 5.02 Å². The summed E-state index contributed by atoms with van der Waals surface area (Å²) in [7, 11) is -3.57. The fourth-order valence-electron chi connectivity index (χ4n) is 2.49. The molecule has 0 atom stereocenters. The first-order chi connectivity index (χ1) is 10.8. The number of hydrogen-bond acceptors (Lipinski definition) is 3. The quantitative estimate of drug-likeness (QED) is 0.880. The summed E-state index contributed by atoms with van der Waals surface area (Å²) in [6.07, 6.45) is 2.79. The number of rotatable bonds is 5. The number of hydrogen-bond donors (Lipinski definition) is 1. The molecule has 1 amide bonds. The zero-order valence-electron chi connectivity index (χ0n) is 13.5. The second kappa shape index (κ2) is 7.64. The van der Waals surface area contributed by atoms with E-state index in [-0.39, 0.29) is 21.4 Å². The number of benzene rings is 1. The highest BCUT2D eigenvalue weighted by atomic mass is 35.5. The number of amides is 1. The molecular weight excluding hydrogens is 336 g/mol. The van der Waals surface area contributed by atoms with Gasteiger partial charge in [0.1, 0.15) is 0 Å². The van der Waals surface area contributed by atoms with E-state index >= 15 is 0 Å². The molecule has 128 valence electrons. The normalized spacial score (nSPS) is 16.5. The third kappa shape index (κ3) is 4.46. The second-order valence-corrected chi connectivity index (χ2v) is 8.56. The molecule has 5 nitrogen and oxygen atoms in total. The monoisotopic (exact) mass is 358 g/mol. The van der Waals surface area contributed by atoms with Gasteiger partial charge in [0.2, 0.25) is 10.0 Å². The van der Waals surface area contributed by atoms with Gasteiger partial charge in [-0.15, -0.1) is 0 Å². The molecule has 0 bridgehead atoms. The Morgan fingerprint density at radius 1 is 1.26 bits per heavy atom. The standard InChI is InChI=1S/C16H23ClN2O3S/c1-12(2)11-18-16(20)14-10-13(6-7-15(14)17)23(21,22)19-8-4-3-5-9-19/h6-7,10,12H,3-5,8-9,11H2,1-2H3,(H,18,20). The molecule has 1 aromatic carbocycles. The maximum absolute atomic E-state index is 12.7. The van der Waals surface area contributed by atoms with E-state index in [2.05, 4.69) is 5.32 Å². The average molecular weight is 359 g/mol. The van der Waals surface area contributed by atoms with Crippen LogP contribution in [0.5, 0.6) is 0 Å². The summed E-state index contributed by atoms with van der Waals surface area (Å²) in [5, 5.41) is 3.02. The van der Waals surface area contributed by atoms with Crippen molar-refractivity contribution in [1.29, 1.82) is 0 Å². The van der Waals surface area contributed by atoms with Crippen LogP contribution in [0.4, 0.5) is 0 Å². The molecule has 0 aromatic heterocycles. The van der Waals surface area contributed by atoms with E-state index in [1.54, 1.807) is 0 Å². The fraction of sp³-hybridized carbons (Fsp3) is 0.562. The SMILES string of the molecule is CC(C)CNC(=O)c1cc(S(=O)(=O)N2CCCCC2)ccc1Cl. The van der Waals surface area contributed by atoms with Gasteiger partial charge in [0, 0.05) is 19.6 Å². The Balaban J connectivity index is 2.27. The van der Waals surface area contributed by atoms with Gasteiger partial charge in [-0.2, -0.15) is 4.31 Å². The van der Waals surface area contributed by atoms with Crippen molar-refractivity contribution in [3.63, 3.8) is 0 Å². The van der Waals surface area contributed by atoms with Crippen molar-refractivity contribution in [1.82, 2.24) is 9.62 Å². The van der Waals surface area contributed by atoms with E-state index in [1.165, 1.54) is 22.5 Å². The van der Waals surface area contributed by atoms with E-state index in [0.717, 1.165) is 19.3 Å². The third-order valence-corrected chi connectivity index (χ3v) is 6.03. The molecule has 0 saturated carbocycles. The van der Waals surface area contributed by atoms with Gasteiger partial charge in [-0.05, 0) is 37.0 Å². The number of carbonyl (C=O) groups is 1. The molecule has 1 heterocycles. The molecule has 1 aromatic rings. The third-order valence-electron chi connectivity index (χ3n) is 3.81. The van der Waals surface area contributed by atoms with Crippen molar-refractivity contribution in [3.8, 4) is 0 Å². The molecule has 1 fully saturated rings. The molecule has 0 unspecified atom stereocenters. The molecule has 1 N–H and O–H groups in total. The molecule has 2 rings (SSSR count). The van der Waals surface area contributed by atoms with Crippen LogP contribution in [0, 0.1) is 5.92 Å². The molecule has 23 heavy (non-hydrogen) atoms. The van der Waals surface area contributed by atoms with E-state index in [4.69, 9.17) is 11.6 Å². The van der Waals surface area contributed by atoms with Crippen LogP contribution in [-0.2, 0) is 10.0 Å². The fourth-order valence-corrected chi connectivity index (χ4v) is 4.23. The van der Waals surface area contributed by atoms with E-state index in [1.807, 2.05) is 13.8 Å². The number of sulfonamides is 1. The second-order valence-electron chi connectivity index (χ2n) is 6.21. The molecule has 0 radical (unpaired) electrons. The summed E-state index contributed by atoms with van der Waals surface area (Å²) in [5.74, 6) is -0.0441. The Kier molecular flexibility index (Phi) is 6.06. The summed E-state index contributed by atoms with van der Waals surface area (Å²) in [6.45, 7) is 5.54. The molecule has 1 aliphatic rings. The minimum Gasteiger partial charge on any atom is -0.352 e.